The fraction of sp³-hybridized carbons (Fsp3) is 0.250. The zero-order valence-electron chi connectivity index (χ0n) is 12.2. The quantitative estimate of drug-likeness (QED) is 0.822. The van der Waals surface area contributed by atoms with Gasteiger partial charge in [-0.25, -0.2) is 4.79 Å². The highest BCUT2D eigenvalue weighted by molar-refractivity contribution is 7.10. The molecule has 0 saturated heterocycles. The molecule has 6 heteroatoms. The maximum Gasteiger partial charge on any atom is 0.341 e. The average molecular weight is 319 g/mol. The van der Waals surface area contributed by atoms with Gasteiger partial charge in [0.25, 0.3) is 5.91 Å². The summed E-state index contributed by atoms with van der Waals surface area (Å²) in [7, 11) is 0. The highest BCUT2D eigenvalue weighted by atomic mass is 32.1. The van der Waals surface area contributed by atoms with Crippen molar-refractivity contribution in [2.75, 3.05) is 13.2 Å². The van der Waals surface area contributed by atoms with Crippen LogP contribution in [0.5, 0.6) is 5.75 Å². The Bertz CT molecular complexity index is 666. The number of carboxylic acids is 1. The predicted octanol–water partition coefficient (Wildman–Crippen LogP) is 2.49. The molecule has 116 valence electrons. The van der Waals surface area contributed by atoms with E-state index in [1.165, 1.54) is 16.5 Å². The van der Waals surface area contributed by atoms with Gasteiger partial charge in [0.15, 0.2) is 6.61 Å². The van der Waals surface area contributed by atoms with Crippen LogP contribution in [0.3, 0.4) is 0 Å². The zero-order valence-corrected chi connectivity index (χ0v) is 13.0. The Labute approximate surface area is 132 Å². The fourth-order valence-electron chi connectivity index (χ4n) is 1.92. The molecule has 1 heterocycles. The van der Waals surface area contributed by atoms with Crippen molar-refractivity contribution in [3.05, 3.63) is 51.7 Å². The smallest absolute Gasteiger partial charge is 0.341 e. The summed E-state index contributed by atoms with van der Waals surface area (Å²) >= 11 is 1.68. The van der Waals surface area contributed by atoms with Crippen molar-refractivity contribution in [1.82, 2.24) is 5.32 Å². The van der Waals surface area contributed by atoms with Gasteiger partial charge < -0.3 is 15.2 Å². The summed E-state index contributed by atoms with van der Waals surface area (Å²) in [6, 6.07) is 8.54. The zero-order chi connectivity index (χ0) is 15.9. The van der Waals surface area contributed by atoms with Gasteiger partial charge in [-0.15, -0.1) is 11.3 Å². The lowest BCUT2D eigenvalue weighted by molar-refractivity contribution is -0.139. The summed E-state index contributed by atoms with van der Waals surface area (Å²) in [4.78, 5) is 23.8. The van der Waals surface area contributed by atoms with Crippen LogP contribution in [0, 0.1) is 6.92 Å². The molecule has 0 saturated carbocycles. The molecule has 0 unspecified atom stereocenters. The van der Waals surface area contributed by atoms with Gasteiger partial charge in [0.1, 0.15) is 5.75 Å². The lowest BCUT2D eigenvalue weighted by Gasteiger charge is -2.07. The normalized spacial score (nSPS) is 10.2. The van der Waals surface area contributed by atoms with E-state index in [0.29, 0.717) is 17.9 Å². The molecule has 0 fully saturated rings. The van der Waals surface area contributed by atoms with E-state index in [1.54, 1.807) is 29.5 Å². The van der Waals surface area contributed by atoms with Crippen LogP contribution in [0.25, 0.3) is 0 Å². The summed E-state index contributed by atoms with van der Waals surface area (Å²) in [5.41, 5.74) is 1.69. The van der Waals surface area contributed by atoms with Gasteiger partial charge in [0.05, 0.1) is 0 Å². The van der Waals surface area contributed by atoms with E-state index in [4.69, 9.17) is 9.84 Å². The number of ether oxygens (including phenoxy) is 1. The van der Waals surface area contributed by atoms with Crippen molar-refractivity contribution in [2.45, 2.75) is 13.3 Å². The van der Waals surface area contributed by atoms with Gasteiger partial charge in [-0.05, 0) is 48.6 Å². The van der Waals surface area contributed by atoms with Crippen LogP contribution in [-0.2, 0) is 11.2 Å². The highest BCUT2D eigenvalue weighted by Gasteiger charge is 2.08. The van der Waals surface area contributed by atoms with Crippen molar-refractivity contribution >= 4 is 23.2 Å². The molecule has 2 N–H and O–H groups in total. The van der Waals surface area contributed by atoms with Crippen molar-refractivity contribution in [2.24, 2.45) is 0 Å². The number of hydrogen-bond acceptors (Lipinski definition) is 4. The summed E-state index contributed by atoms with van der Waals surface area (Å²) in [6.07, 6.45) is 0.796. The maximum absolute atomic E-state index is 12.1. The van der Waals surface area contributed by atoms with Gasteiger partial charge in [0, 0.05) is 17.0 Å². The monoisotopic (exact) mass is 319 g/mol. The van der Waals surface area contributed by atoms with E-state index in [-0.39, 0.29) is 5.91 Å². The summed E-state index contributed by atoms with van der Waals surface area (Å²) in [6.45, 7) is 2.18. The third-order valence-corrected chi connectivity index (χ3v) is 4.15. The van der Waals surface area contributed by atoms with Crippen molar-refractivity contribution in [3.63, 3.8) is 0 Å². The highest BCUT2D eigenvalue weighted by Crippen LogP contribution is 2.16. The molecule has 0 aliphatic heterocycles. The molecule has 0 bridgehead atoms. The first-order valence-corrected chi connectivity index (χ1v) is 7.70. The number of carboxylic acid groups (broad SMARTS) is 1. The molecule has 2 aromatic rings. The van der Waals surface area contributed by atoms with Crippen LogP contribution >= 0.6 is 11.3 Å². The number of hydrogen-bond donors (Lipinski definition) is 2. The van der Waals surface area contributed by atoms with Gasteiger partial charge in [-0.3, -0.25) is 4.79 Å². The second-order valence-corrected chi connectivity index (χ2v) is 5.74. The molecule has 0 aliphatic rings. The lowest BCUT2D eigenvalue weighted by atomic mass is 10.2. The molecule has 5 nitrogen and oxygen atoms in total. The first-order chi connectivity index (χ1) is 10.6. The van der Waals surface area contributed by atoms with Crippen molar-refractivity contribution in [1.29, 1.82) is 0 Å². The number of aliphatic carboxylic acids is 1. The number of carbonyl (C=O) groups excluding carboxylic acids is 1. The number of benzene rings is 1. The fourth-order valence-corrected chi connectivity index (χ4v) is 2.83. The van der Waals surface area contributed by atoms with Crippen LogP contribution < -0.4 is 10.1 Å². The Morgan fingerprint density at radius 1 is 1.32 bits per heavy atom. The SMILES string of the molecule is Cc1ccsc1CCNC(=O)c1cccc(OCC(=O)O)c1. The molecule has 0 atom stereocenters. The van der Waals surface area contributed by atoms with Crippen LogP contribution in [0.2, 0.25) is 0 Å². The molecule has 0 aliphatic carbocycles. The predicted molar refractivity (Wildman–Crippen MR) is 84.7 cm³/mol. The van der Waals surface area contributed by atoms with Crippen LogP contribution in [0.1, 0.15) is 20.8 Å². The van der Waals surface area contributed by atoms with Gasteiger partial charge >= 0.3 is 5.97 Å². The number of amides is 1. The van der Waals surface area contributed by atoms with E-state index in [2.05, 4.69) is 18.3 Å². The second-order valence-electron chi connectivity index (χ2n) is 4.74. The average Bonchev–Trinajstić information content (AvgIpc) is 2.91. The summed E-state index contributed by atoms with van der Waals surface area (Å²) in [5.74, 6) is -0.889. The summed E-state index contributed by atoms with van der Waals surface area (Å²) in [5, 5.41) is 13.5. The Morgan fingerprint density at radius 3 is 2.82 bits per heavy atom. The molecule has 0 radical (unpaired) electrons. The van der Waals surface area contributed by atoms with Crippen LogP contribution in [0.15, 0.2) is 35.7 Å². The molecular formula is C16H17NO4S. The van der Waals surface area contributed by atoms with Crippen LogP contribution in [-0.4, -0.2) is 30.1 Å². The van der Waals surface area contributed by atoms with Crippen LogP contribution in [0.4, 0.5) is 0 Å². The number of rotatable bonds is 7. The van der Waals surface area contributed by atoms with E-state index >= 15 is 0 Å². The minimum absolute atomic E-state index is 0.199. The first kappa shape index (κ1) is 16.0. The number of aryl methyl sites for hydroxylation is 1. The van der Waals surface area contributed by atoms with E-state index in [0.717, 1.165) is 6.42 Å². The molecule has 2 rings (SSSR count). The van der Waals surface area contributed by atoms with Crippen molar-refractivity contribution < 1.29 is 19.4 Å². The molecule has 1 amide bonds. The van der Waals surface area contributed by atoms with Gasteiger partial charge in [0.2, 0.25) is 0 Å². The standard InChI is InChI=1S/C16H17NO4S/c1-11-6-8-22-14(11)5-7-17-16(20)12-3-2-4-13(9-12)21-10-15(18)19/h2-4,6,8-9H,5,7,10H2,1H3,(H,17,20)(H,18,19). The second kappa shape index (κ2) is 7.61. The third-order valence-electron chi connectivity index (χ3n) is 3.06. The Balaban J connectivity index is 1.88. The minimum atomic E-state index is -1.05. The topological polar surface area (TPSA) is 75.6 Å². The van der Waals surface area contributed by atoms with E-state index in [1.807, 2.05) is 5.38 Å². The molecule has 0 spiro atoms. The number of thiophene rings is 1. The van der Waals surface area contributed by atoms with E-state index in [9.17, 15) is 9.59 Å². The lowest BCUT2D eigenvalue weighted by Crippen LogP contribution is -2.25. The third kappa shape index (κ3) is 4.60. The Kier molecular flexibility index (Phi) is 5.55. The number of nitrogens with one attached hydrogen (secondary N) is 1. The molecular weight excluding hydrogens is 302 g/mol. The largest absolute Gasteiger partial charge is 0.482 e. The molecule has 1 aromatic carbocycles. The van der Waals surface area contributed by atoms with E-state index < -0.39 is 12.6 Å². The van der Waals surface area contributed by atoms with Gasteiger partial charge in [-0.1, -0.05) is 6.07 Å². The Hall–Kier alpha value is -2.34. The van der Waals surface area contributed by atoms with Gasteiger partial charge in [-0.2, -0.15) is 0 Å². The van der Waals surface area contributed by atoms with Crippen molar-refractivity contribution in [3.8, 4) is 5.75 Å². The maximum atomic E-state index is 12.1. The first-order valence-electron chi connectivity index (χ1n) is 6.82. The summed E-state index contributed by atoms with van der Waals surface area (Å²) < 4.78 is 5.06. The molecule has 1 aromatic heterocycles. The molecule has 22 heavy (non-hydrogen) atoms. The minimum Gasteiger partial charge on any atom is -0.482 e. The number of carbonyl (C=O) groups is 2. The Morgan fingerprint density at radius 2 is 2.14 bits per heavy atom.